The molecule has 4 aromatic rings. The van der Waals surface area contributed by atoms with Crippen molar-refractivity contribution in [1.29, 1.82) is 0 Å². The van der Waals surface area contributed by atoms with E-state index in [2.05, 4.69) is 20.4 Å². The number of amides is 1. The maximum absolute atomic E-state index is 13.2. The fraction of sp³-hybridized carbons (Fsp3) is 0.143. The lowest BCUT2D eigenvalue weighted by molar-refractivity contribution is -0.123. The van der Waals surface area contributed by atoms with E-state index in [9.17, 15) is 9.18 Å². The van der Waals surface area contributed by atoms with Gasteiger partial charge in [0, 0.05) is 17.7 Å². The molecule has 0 saturated heterocycles. The van der Waals surface area contributed by atoms with E-state index in [-0.39, 0.29) is 29.9 Å². The van der Waals surface area contributed by atoms with Crippen LogP contribution in [0.25, 0.3) is 22.4 Å². The summed E-state index contributed by atoms with van der Waals surface area (Å²) in [4.78, 5) is 20.4. The Morgan fingerprint density at radius 1 is 1.13 bits per heavy atom. The first-order valence-electron chi connectivity index (χ1n) is 9.03. The summed E-state index contributed by atoms with van der Waals surface area (Å²) in [6.07, 6.45) is 1.25. The molecule has 152 valence electrons. The average molecular weight is 408 g/mol. The third-order valence-electron chi connectivity index (χ3n) is 4.36. The van der Waals surface area contributed by atoms with Gasteiger partial charge in [0.05, 0.1) is 7.11 Å². The molecule has 0 aliphatic heterocycles. The summed E-state index contributed by atoms with van der Waals surface area (Å²) < 4.78 is 29.3. The Hall–Kier alpha value is -4.01. The van der Waals surface area contributed by atoms with Gasteiger partial charge in [0.1, 0.15) is 29.0 Å². The number of rotatable bonds is 7. The number of carbonyl (C=O) groups excluding carboxylic acids is 1. The third kappa shape index (κ3) is 4.04. The number of ether oxygens (including phenoxy) is 2. The molecule has 0 radical (unpaired) electrons. The van der Waals surface area contributed by atoms with Gasteiger partial charge in [0.15, 0.2) is 6.61 Å². The van der Waals surface area contributed by atoms with Crippen LogP contribution in [0.1, 0.15) is 5.56 Å². The monoisotopic (exact) mass is 408 g/mol. The Labute approximate surface area is 170 Å². The van der Waals surface area contributed by atoms with Gasteiger partial charge in [-0.2, -0.15) is 4.98 Å². The molecular formula is C21H17FN4O4. The normalized spacial score (nSPS) is 10.7. The Morgan fingerprint density at radius 2 is 1.93 bits per heavy atom. The predicted molar refractivity (Wildman–Crippen MR) is 105 cm³/mol. The van der Waals surface area contributed by atoms with Gasteiger partial charge in [-0.25, -0.2) is 9.37 Å². The number of carbonyl (C=O) groups is 1. The van der Waals surface area contributed by atoms with Crippen LogP contribution in [0.4, 0.5) is 4.39 Å². The van der Waals surface area contributed by atoms with E-state index in [4.69, 9.17) is 14.0 Å². The number of nitrogens with one attached hydrogen (secondary N) is 1. The molecule has 4 rings (SSSR count). The number of methoxy groups -OCH3 is 1. The van der Waals surface area contributed by atoms with E-state index in [1.807, 2.05) is 24.3 Å². The maximum atomic E-state index is 13.2. The van der Waals surface area contributed by atoms with Crippen molar-refractivity contribution in [1.82, 2.24) is 20.4 Å². The molecule has 0 unspecified atom stereocenters. The van der Waals surface area contributed by atoms with Gasteiger partial charge < -0.3 is 19.3 Å². The predicted octanol–water partition coefficient (Wildman–Crippen LogP) is 3.13. The topological polar surface area (TPSA) is 99.4 Å². The summed E-state index contributed by atoms with van der Waals surface area (Å²) >= 11 is 0. The second-order valence-electron chi connectivity index (χ2n) is 6.27. The molecule has 1 amide bonds. The molecule has 0 aliphatic rings. The van der Waals surface area contributed by atoms with Crippen molar-refractivity contribution in [3.8, 4) is 22.9 Å². The summed E-state index contributed by atoms with van der Waals surface area (Å²) in [6, 6.07) is 13.1. The smallest absolute Gasteiger partial charge is 0.265 e. The summed E-state index contributed by atoms with van der Waals surface area (Å²) in [5.41, 5.74) is 2.05. The number of benzene rings is 2. The molecule has 2 aromatic heterocycles. The van der Waals surface area contributed by atoms with Gasteiger partial charge in [0.2, 0.25) is 5.88 Å². The van der Waals surface area contributed by atoms with Crippen LogP contribution in [0.5, 0.6) is 11.6 Å². The van der Waals surface area contributed by atoms with Crippen LogP contribution in [0, 0.1) is 5.82 Å². The van der Waals surface area contributed by atoms with Gasteiger partial charge in [-0.05, 0) is 30.3 Å². The third-order valence-corrected chi connectivity index (χ3v) is 4.36. The van der Waals surface area contributed by atoms with Crippen LogP contribution >= 0.6 is 0 Å². The molecule has 0 atom stereocenters. The molecule has 9 heteroatoms. The first-order valence-corrected chi connectivity index (χ1v) is 9.03. The summed E-state index contributed by atoms with van der Waals surface area (Å²) in [6.45, 7) is 0.0226. The molecule has 2 aromatic carbocycles. The number of aromatic nitrogens is 3. The average Bonchev–Trinajstić information content (AvgIpc) is 3.22. The lowest BCUT2D eigenvalue weighted by Gasteiger charge is -2.10. The van der Waals surface area contributed by atoms with Crippen molar-refractivity contribution in [2.75, 3.05) is 13.7 Å². The highest BCUT2D eigenvalue weighted by atomic mass is 19.1. The first kappa shape index (κ1) is 19.3. The van der Waals surface area contributed by atoms with Crippen molar-refractivity contribution < 1.29 is 23.2 Å². The zero-order valence-corrected chi connectivity index (χ0v) is 16.0. The molecule has 0 aliphatic carbocycles. The highest BCUT2D eigenvalue weighted by molar-refractivity contribution is 5.93. The van der Waals surface area contributed by atoms with E-state index in [1.165, 1.54) is 18.5 Å². The van der Waals surface area contributed by atoms with Gasteiger partial charge in [-0.15, -0.1) is 0 Å². The Balaban J connectivity index is 1.48. The van der Waals surface area contributed by atoms with Crippen molar-refractivity contribution in [2.24, 2.45) is 0 Å². The van der Waals surface area contributed by atoms with Gasteiger partial charge in [0.25, 0.3) is 11.6 Å². The Morgan fingerprint density at radius 3 is 2.73 bits per heavy atom. The molecule has 8 nitrogen and oxygen atoms in total. The highest BCUT2D eigenvalue weighted by Gasteiger charge is 2.18. The number of nitrogens with zero attached hydrogens (tertiary/aromatic N) is 3. The van der Waals surface area contributed by atoms with E-state index in [0.717, 1.165) is 5.56 Å². The maximum Gasteiger partial charge on any atom is 0.265 e. The first-order chi connectivity index (χ1) is 14.7. The number of hydrogen-bond donors (Lipinski definition) is 1. The minimum atomic E-state index is -0.369. The standard InChI is InChI=1S/C21H17FN4O4/c1-28-16-5-3-2-4-14(16)10-23-17(27)11-29-20-18-19(13-6-8-15(22)9-7-13)26-30-21(18)25-12-24-20/h2-9,12H,10-11H2,1H3,(H,23,27). The molecule has 0 fully saturated rings. The Kier molecular flexibility index (Phi) is 5.51. The lowest BCUT2D eigenvalue weighted by Crippen LogP contribution is -2.28. The molecular weight excluding hydrogens is 391 g/mol. The fourth-order valence-corrected chi connectivity index (χ4v) is 2.90. The molecule has 2 heterocycles. The second kappa shape index (κ2) is 8.56. The van der Waals surface area contributed by atoms with Crippen molar-refractivity contribution in [2.45, 2.75) is 6.54 Å². The van der Waals surface area contributed by atoms with E-state index in [1.54, 1.807) is 19.2 Å². The zero-order chi connectivity index (χ0) is 20.9. The summed E-state index contributed by atoms with van der Waals surface area (Å²) in [7, 11) is 1.57. The summed E-state index contributed by atoms with van der Waals surface area (Å²) in [5.74, 6) is 0.121. The molecule has 1 N–H and O–H groups in total. The van der Waals surface area contributed by atoms with Crippen LogP contribution in [-0.2, 0) is 11.3 Å². The van der Waals surface area contributed by atoms with Crippen molar-refractivity contribution >= 4 is 17.0 Å². The Bertz CT molecular complexity index is 1180. The van der Waals surface area contributed by atoms with Crippen LogP contribution in [-0.4, -0.2) is 34.7 Å². The highest BCUT2D eigenvalue weighted by Crippen LogP contribution is 2.32. The van der Waals surface area contributed by atoms with E-state index >= 15 is 0 Å². The molecule has 0 bridgehead atoms. The minimum Gasteiger partial charge on any atom is -0.496 e. The van der Waals surface area contributed by atoms with Crippen molar-refractivity contribution in [3.05, 3.63) is 66.2 Å². The molecule has 0 saturated carbocycles. The van der Waals surface area contributed by atoms with Crippen LogP contribution < -0.4 is 14.8 Å². The molecule has 30 heavy (non-hydrogen) atoms. The van der Waals surface area contributed by atoms with E-state index < -0.39 is 0 Å². The second-order valence-corrected chi connectivity index (χ2v) is 6.27. The van der Waals surface area contributed by atoms with Gasteiger partial charge >= 0.3 is 0 Å². The van der Waals surface area contributed by atoms with Crippen LogP contribution in [0.15, 0.2) is 59.4 Å². The van der Waals surface area contributed by atoms with Crippen LogP contribution in [0.3, 0.4) is 0 Å². The van der Waals surface area contributed by atoms with Crippen LogP contribution in [0.2, 0.25) is 0 Å². The largest absolute Gasteiger partial charge is 0.496 e. The number of para-hydroxylation sites is 1. The zero-order valence-electron chi connectivity index (χ0n) is 16.0. The SMILES string of the molecule is COc1ccccc1CNC(=O)COc1ncnc2onc(-c3ccc(F)cc3)c12. The van der Waals surface area contributed by atoms with Gasteiger partial charge in [-0.1, -0.05) is 23.4 Å². The molecule has 0 spiro atoms. The fourth-order valence-electron chi connectivity index (χ4n) is 2.90. The van der Waals surface area contributed by atoms with Gasteiger partial charge in [-0.3, -0.25) is 4.79 Å². The number of hydrogen-bond acceptors (Lipinski definition) is 7. The number of halogens is 1. The number of fused-ring (bicyclic) bond motifs is 1. The van der Waals surface area contributed by atoms with E-state index in [0.29, 0.717) is 28.9 Å². The van der Waals surface area contributed by atoms with Crippen molar-refractivity contribution in [3.63, 3.8) is 0 Å². The minimum absolute atomic E-state index is 0.146. The lowest BCUT2D eigenvalue weighted by atomic mass is 10.1. The quantitative estimate of drug-likeness (QED) is 0.501. The summed E-state index contributed by atoms with van der Waals surface area (Å²) in [5, 5.41) is 7.16.